The lowest BCUT2D eigenvalue weighted by Crippen LogP contribution is -2.44. The molecule has 2 aliphatic heterocycles. The normalized spacial score (nSPS) is 20.7. The zero-order chi connectivity index (χ0) is 30.4. The van der Waals surface area contributed by atoms with E-state index in [2.05, 4.69) is 12.6 Å². The van der Waals surface area contributed by atoms with E-state index in [-0.39, 0.29) is 55.1 Å². The lowest BCUT2D eigenvalue weighted by molar-refractivity contribution is -0.385. The highest BCUT2D eigenvalue weighted by Gasteiger charge is 2.41. The number of likely N-dealkylation sites (tertiary alicyclic amines) is 2. The summed E-state index contributed by atoms with van der Waals surface area (Å²) in [6, 6.07) is 10.5. The zero-order valence-electron chi connectivity index (χ0n) is 22.4. The number of hydrogen-bond acceptors (Lipinski definition) is 11. The van der Waals surface area contributed by atoms with Crippen LogP contribution in [-0.4, -0.2) is 79.8 Å². The molecule has 0 saturated carbocycles. The first-order chi connectivity index (χ1) is 20.0. The van der Waals surface area contributed by atoms with Gasteiger partial charge in [0.05, 0.1) is 22.0 Å². The molecule has 1 N–H and O–H groups in total. The Morgan fingerprint density at radius 2 is 1.43 bits per heavy atom. The summed E-state index contributed by atoms with van der Waals surface area (Å²) in [6.45, 7) is 0.453. The second kappa shape index (κ2) is 13.6. The van der Waals surface area contributed by atoms with Crippen molar-refractivity contribution < 1.29 is 38.8 Å². The van der Waals surface area contributed by atoms with Crippen LogP contribution in [-0.2, 0) is 27.5 Å². The Kier molecular flexibility index (Phi) is 9.96. The Balaban J connectivity index is 1.24. The predicted molar refractivity (Wildman–Crippen MR) is 150 cm³/mol. The molecule has 1 unspecified atom stereocenters. The van der Waals surface area contributed by atoms with Gasteiger partial charge in [-0.2, -0.15) is 12.6 Å². The van der Waals surface area contributed by atoms with Crippen molar-refractivity contribution in [2.45, 2.75) is 49.9 Å². The molecule has 2 aromatic rings. The highest BCUT2D eigenvalue weighted by Crippen LogP contribution is 2.29. The molecule has 0 spiro atoms. The number of nitro benzene ring substituents is 2. The van der Waals surface area contributed by atoms with Gasteiger partial charge in [-0.15, -0.1) is 0 Å². The first-order valence-corrected chi connectivity index (χ1v) is 13.7. The maximum atomic E-state index is 13.0. The summed E-state index contributed by atoms with van der Waals surface area (Å²) in [5, 5.41) is 32.3. The fraction of sp³-hybridized carbons (Fsp3) is 0.444. The summed E-state index contributed by atoms with van der Waals surface area (Å²) >= 11 is 4.44. The van der Waals surface area contributed by atoms with Crippen molar-refractivity contribution >= 4 is 42.0 Å². The molecular formula is C27H30N4O10S. The van der Waals surface area contributed by atoms with E-state index in [1.807, 2.05) is 0 Å². The highest BCUT2D eigenvalue weighted by molar-refractivity contribution is 7.81. The van der Waals surface area contributed by atoms with Crippen molar-refractivity contribution in [3.8, 4) is 0 Å². The maximum Gasteiger partial charge on any atom is 0.410 e. The Labute approximate surface area is 245 Å². The fourth-order valence-electron chi connectivity index (χ4n) is 5.01. The minimum Gasteiger partial charge on any atom is -0.445 e. The molecule has 0 aliphatic carbocycles. The lowest BCUT2D eigenvalue weighted by atomic mass is 9.95. The predicted octanol–water partition coefficient (Wildman–Crippen LogP) is 3.49. The Morgan fingerprint density at radius 3 is 1.95 bits per heavy atom. The molecule has 2 heterocycles. The van der Waals surface area contributed by atoms with Gasteiger partial charge in [-0.25, -0.2) is 9.59 Å². The van der Waals surface area contributed by atoms with Crippen molar-refractivity contribution in [2.75, 3.05) is 19.6 Å². The number of non-ortho nitro benzene ring substituents is 2. The van der Waals surface area contributed by atoms with E-state index in [0.29, 0.717) is 30.5 Å². The molecule has 224 valence electrons. The minimum absolute atomic E-state index is 0.0714. The van der Waals surface area contributed by atoms with Gasteiger partial charge in [0.25, 0.3) is 11.4 Å². The van der Waals surface area contributed by atoms with Crippen molar-refractivity contribution in [1.82, 2.24) is 9.80 Å². The molecule has 2 aliphatic rings. The highest BCUT2D eigenvalue weighted by atomic mass is 32.1. The van der Waals surface area contributed by atoms with E-state index in [9.17, 15) is 39.7 Å². The molecule has 0 bridgehead atoms. The first-order valence-electron chi connectivity index (χ1n) is 13.2. The molecule has 14 nitrogen and oxygen atoms in total. The summed E-state index contributed by atoms with van der Waals surface area (Å²) in [6.07, 6.45) is -1.92. The van der Waals surface area contributed by atoms with Gasteiger partial charge in [-0.05, 0) is 48.2 Å². The van der Waals surface area contributed by atoms with Gasteiger partial charge < -0.3 is 24.4 Å². The molecule has 2 fully saturated rings. The van der Waals surface area contributed by atoms with Crippen LogP contribution >= 0.6 is 12.6 Å². The van der Waals surface area contributed by atoms with E-state index in [1.165, 1.54) is 58.3 Å². The second-order valence-corrected chi connectivity index (χ2v) is 11.0. The van der Waals surface area contributed by atoms with Crippen molar-refractivity contribution in [3.05, 3.63) is 79.9 Å². The van der Waals surface area contributed by atoms with Gasteiger partial charge >= 0.3 is 12.2 Å². The van der Waals surface area contributed by atoms with Gasteiger partial charge in [0.1, 0.15) is 19.0 Å². The first kappa shape index (κ1) is 30.7. The number of nitro groups is 2. The number of Topliss-reactive ketones (excluding diaryl/α,β-unsaturated/α-hetero) is 1. The number of thiol groups is 1. The van der Waals surface area contributed by atoms with Crippen LogP contribution in [0.2, 0.25) is 0 Å². The van der Waals surface area contributed by atoms with Crippen LogP contribution < -0.4 is 0 Å². The Bertz CT molecular complexity index is 1320. The van der Waals surface area contributed by atoms with E-state index in [1.54, 1.807) is 0 Å². The van der Waals surface area contributed by atoms with Gasteiger partial charge in [-0.1, -0.05) is 0 Å². The largest absolute Gasteiger partial charge is 0.445 e. The number of hydrogen-bond donors (Lipinski definition) is 2. The molecule has 42 heavy (non-hydrogen) atoms. The average molecular weight is 603 g/mol. The molecule has 0 radical (unpaired) electrons. The average Bonchev–Trinajstić information content (AvgIpc) is 3.63. The summed E-state index contributed by atoms with van der Waals surface area (Å²) in [7, 11) is 0. The number of carbonyl (C=O) groups excluding carboxylic acids is 3. The van der Waals surface area contributed by atoms with Gasteiger partial charge in [0, 0.05) is 61.5 Å². The van der Waals surface area contributed by atoms with E-state index in [0.717, 1.165) is 0 Å². The van der Waals surface area contributed by atoms with Crippen molar-refractivity contribution in [1.29, 1.82) is 0 Å². The minimum atomic E-state index is -1.16. The molecule has 2 amide bonds. The van der Waals surface area contributed by atoms with Crippen LogP contribution in [0.1, 0.15) is 30.4 Å². The lowest BCUT2D eigenvalue weighted by Gasteiger charge is -2.28. The number of aliphatic hydroxyl groups is 1. The van der Waals surface area contributed by atoms with Crippen LogP contribution in [0.4, 0.5) is 21.0 Å². The van der Waals surface area contributed by atoms with E-state index in [4.69, 9.17) is 9.47 Å². The second-order valence-electron chi connectivity index (χ2n) is 10.2. The SMILES string of the molecule is O=C(CC(O)[C@@H]1C[C@H](S)CN1C(=O)OCc1ccc([N+](=O)[O-])cc1)[C@@H]1CCN(C(=O)OCc2ccc([N+](=O)[O-])cc2)C1. The number of aliphatic hydroxyl groups excluding tert-OH is 1. The van der Waals surface area contributed by atoms with Crippen LogP contribution in [0.25, 0.3) is 0 Å². The van der Waals surface area contributed by atoms with Gasteiger partial charge in [0.2, 0.25) is 0 Å². The quantitative estimate of drug-likeness (QED) is 0.232. The number of ketones is 1. The molecule has 0 aromatic heterocycles. The third-order valence-electron chi connectivity index (χ3n) is 7.33. The van der Waals surface area contributed by atoms with Crippen LogP contribution in [0.3, 0.4) is 0 Å². The third-order valence-corrected chi connectivity index (χ3v) is 7.71. The Hall–Kier alpha value is -4.24. The van der Waals surface area contributed by atoms with Crippen molar-refractivity contribution in [3.63, 3.8) is 0 Å². The smallest absolute Gasteiger partial charge is 0.410 e. The molecule has 2 saturated heterocycles. The van der Waals surface area contributed by atoms with Crippen LogP contribution in [0.15, 0.2) is 48.5 Å². The topological polar surface area (TPSA) is 183 Å². The summed E-state index contributed by atoms with van der Waals surface area (Å²) in [5.74, 6) is -0.739. The number of rotatable bonds is 10. The third kappa shape index (κ3) is 7.73. The number of nitrogens with zero attached hydrogens (tertiary/aromatic N) is 4. The standard InChI is InChI=1S/C27H30N4O10S/c32-24(19-9-10-28(13-19)26(34)40-15-17-1-5-20(6-2-17)30(36)37)12-25(33)23-11-22(42)14-29(23)27(35)41-16-18-3-7-21(8-4-18)31(38)39/h1-8,19,22-23,25,33,42H,9-16H2/t19-,22+,23+,25?/m1/s1. The maximum absolute atomic E-state index is 13.0. The number of ether oxygens (including phenoxy) is 2. The molecule has 4 rings (SSSR count). The van der Waals surface area contributed by atoms with E-state index >= 15 is 0 Å². The Morgan fingerprint density at radius 1 is 0.905 bits per heavy atom. The summed E-state index contributed by atoms with van der Waals surface area (Å²) in [5.41, 5.74) is 0.983. The van der Waals surface area contributed by atoms with Gasteiger partial charge in [-0.3, -0.25) is 25.0 Å². The molecule has 4 atom stereocenters. The summed E-state index contributed by atoms with van der Waals surface area (Å²) in [4.78, 5) is 61.6. The molecule has 15 heteroatoms. The number of amides is 2. The van der Waals surface area contributed by atoms with Crippen LogP contribution in [0, 0.1) is 26.1 Å². The van der Waals surface area contributed by atoms with E-state index < -0.39 is 40.1 Å². The van der Waals surface area contributed by atoms with Gasteiger partial charge in [0.15, 0.2) is 0 Å². The fourth-order valence-corrected chi connectivity index (χ4v) is 5.40. The van der Waals surface area contributed by atoms with Crippen LogP contribution in [0.5, 0.6) is 0 Å². The summed E-state index contributed by atoms with van der Waals surface area (Å²) < 4.78 is 10.6. The molecular weight excluding hydrogens is 572 g/mol. The molecule has 2 aromatic carbocycles. The number of benzene rings is 2. The van der Waals surface area contributed by atoms with Crippen molar-refractivity contribution in [2.24, 2.45) is 5.92 Å². The number of carbonyl (C=O) groups is 3. The zero-order valence-corrected chi connectivity index (χ0v) is 23.3. The monoisotopic (exact) mass is 602 g/mol.